The molecule has 0 spiro atoms. The summed E-state index contributed by atoms with van der Waals surface area (Å²) in [6.45, 7) is 1.76. The Morgan fingerprint density at radius 2 is 2.04 bits per heavy atom. The number of nitrogens with one attached hydrogen (secondary N) is 1. The number of carbonyl (C=O) groups excluding carboxylic acids is 1. The van der Waals surface area contributed by atoms with Crippen LogP contribution in [0.2, 0.25) is 5.02 Å². The maximum atomic E-state index is 12.6. The molecule has 0 aliphatic rings. The van der Waals surface area contributed by atoms with Crippen LogP contribution in [0.15, 0.2) is 45.9 Å². The zero-order valence-corrected chi connectivity index (χ0v) is 18.4. The predicted octanol–water partition coefficient (Wildman–Crippen LogP) is 3.71. The Morgan fingerprint density at radius 1 is 1.29 bits per heavy atom. The molecule has 0 radical (unpaired) electrons. The molecule has 11 heteroatoms. The van der Waals surface area contributed by atoms with E-state index in [1.165, 1.54) is 55.7 Å². The molecule has 2 heterocycles. The first kappa shape index (κ1) is 21.0. The summed E-state index contributed by atoms with van der Waals surface area (Å²) < 4.78 is 26.8. The van der Waals surface area contributed by atoms with Gasteiger partial charge in [0.25, 0.3) is 0 Å². The van der Waals surface area contributed by atoms with Gasteiger partial charge in [-0.3, -0.25) is 4.79 Å². The lowest BCUT2D eigenvalue weighted by Crippen LogP contribution is -2.24. The molecule has 1 aromatic carbocycles. The Bertz CT molecular complexity index is 1130. The average Bonchev–Trinajstić information content (AvgIpc) is 3.12. The second kappa shape index (κ2) is 8.34. The zero-order valence-electron chi connectivity index (χ0n) is 15.2. The second-order valence-electron chi connectivity index (χ2n) is 6.00. The van der Waals surface area contributed by atoms with Crippen molar-refractivity contribution in [3.05, 3.63) is 41.0 Å². The van der Waals surface area contributed by atoms with Crippen molar-refractivity contribution in [2.24, 2.45) is 0 Å². The predicted molar refractivity (Wildman–Crippen MR) is 114 cm³/mol. The third-order valence-electron chi connectivity index (χ3n) is 3.83. The van der Waals surface area contributed by atoms with Crippen molar-refractivity contribution in [3.63, 3.8) is 0 Å². The Morgan fingerprint density at radius 3 is 2.75 bits per heavy atom. The molecule has 0 fully saturated rings. The normalized spacial score (nSPS) is 13.0. The number of nitrogens with zero attached hydrogens (tertiary/aromatic N) is 3. The van der Waals surface area contributed by atoms with Gasteiger partial charge < -0.3 is 5.32 Å². The summed E-state index contributed by atoms with van der Waals surface area (Å²) in [5, 5.41) is 5.04. The van der Waals surface area contributed by atoms with Crippen LogP contribution in [-0.2, 0) is 14.8 Å². The highest BCUT2D eigenvalue weighted by atomic mass is 35.5. The molecule has 2 aromatic heterocycles. The molecule has 148 valence electrons. The number of halogens is 1. The Labute approximate surface area is 176 Å². The van der Waals surface area contributed by atoms with Gasteiger partial charge in [0.1, 0.15) is 16.2 Å². The summed E-state index contributed by atoms with van der Waals surface area (Å²) in [6.07, 6.45) is 1.47. The van der Waals surface area contributed by atoms with E-state index in [1.54, 1.807) is 13.0 Å². The summed E-state index contributed by atoms with van der Waals surface area (Å²) >= 11 is 8.87. The molecule has 1 amide bonds. The van der Waals surface area contributed by atoms with Crippen LogP contribution in [0.5, 0.6) is 0 Å². The van der Waals surface area contributed by atoms with Crippen molar-refractivity contribution >= 4 is 66.5 Å². The third kappa shape index (κ3) is 4.31. The van der Waals surface area contributed by atoms with Gasteiger partial charge in [-0.2, -0.15) is 0 Å². The molecular weight excluding hydrogens is 440 g/mol. The number of thioether (sulfide) groups is 1. The second-order valence-corrected chi connectivity index (χ2v) is 10.8. The lowest BCUT2D eigenvalue weighted by Gasteiger charge is -2.15. The van der Waals surface area contributed by atoms with Gasteiger partial charge in [0, 0.05) is 19.8 Å². The average molecular weight is 457 g/mol. The zero-order chi connectivity index (χ0) is 20.5. The van der Waals surface area contributed by atoms with Crippen LogP contribution in [0.4, 0.5) is 5.69 Å². The van der Waals surface area contributed by atoms with E-state index in [9.17, 15) is 13.2 Å². The maximum Gasteiger partial charge on any atom is 0.244 e. The van der Waals surface area contributed by atoms with E-state index in [2.05, 4.69) is 15.3 Å². The van der Waals surface area contributed by atoms with E-state index >= 15 is 0 Å². The maximum absolute atomic E-state index is 12.6. The van der Waals surface area contributed by atoms with E-state index in [0.29, 0.717) is 5.69 Å². The Kier molecular flexibility index (Phi) is 6.25. The molecule has 0 bridgehead atoms. The number of thiophene rings is 1. The summed E-state index contributed by atoms with van der Waals surface area (Å²) in [7, 11) is -0.885. The summed E-state index contributed by atoms with van der Waals surface area (Å²) in [5.74, 6) is -0.274. The van der Waals surface area contributed by atoms with Crippen molar-refractivity contribution in [2.75, 3.05) is 19.4 Å². The molecule has 1 N–H and O–H groups in total. The van der Waals surface area contributed by atoms with E-state index in [-0.39, 0.29) is 15.8 Å². The molecule has 28 heavy (non-hydrogen) atoms. The molecule has 0 aliphatic carbocycles. The van der Waals surface area contributed by atoms with E-state index < -0.39 is 15.3 Å². The summed E-state index contributed by atoms with van der Waals surface area (Å²) in [4.78, 5) is 21.0. The first-order valence-corrected chi connectivity index (χ1v) is 11.7. The topological polar surface area (TPSA) is 92.3 Å². The number of amides is 1. The lowest BCUT2D eigenvalue weighted by atomic mass is 10.3. The van der Waals surface area contributed by atoms with Crippen LogP contribution >= 0.6 is 34.7 Å². The number of hydrogen-bond acceptors (Lipinski definition) is 7. The van der Waals surface area contributed by atoms with Crippen LogP contribution in [0, 0.1) is 0 Å². The van der Waals surface area contributed by atoms with Crippen molar-refractivity contribution in [1.29, 1.82) is 0 Å². The number of benzene rings is 1. The van der Waals surface area contributed by atoms with E-state index in [1.807, 2.05) is 11.4 Å². The molecule has 0 aliphatic heterocycles. The van der Waals surface area contributed by atoms with Gasteiger partial charge in [-0.25, -0.2) is 22.7 Å². The first-order chi connectivity index (χ1) is 13.2. The minimum absolute atomic E-state index is 0.0617. The minimum atomic E-state index is -3.72. The van der Waals surface area contributed by atoms with Crippen molar-refractivity contribution in [1.82, 2.24) is 14.3 Å². The van der Waals surface area contributed by atoms with Gasteiger partial charge in [-0.1, -0.05) is 23.4 Å². The smallest absolute Gasteiger partial charge is 0.244 e. The summed E-state index contributed by atoms with van der Waals surface area (Å²) in [5.41, 5.74) is 1.19. The fraction of sp³-hybridized carbons (Fsp3) is 0.235. The van der Waals surface area contributed by atoms with Crippen molar-refractivity contribution < 1.29 is 13.2 Å². The first-order valence-electron chi connectivity index (χ1n) is 8.08. The molecule has 7 nitrogen and oxygen atoms in total. The number of anilines is 1. The van der Waals surface area contributed by atoms with Gasteiger partial charge in [0.15, 0.2) is 0 Å². The highest BCUT2D eigenvalue weighted by Crippen LogP contribution is 2.32. The van der Waals surface area contributed by atoms with E-state index in [4.69, 9.17) is 11.6 Å². The minimum Gasteiger partial charge on any atom is -0.325 e. The molecule has 3 rings (SSSR count). The molecule has 1 atom stereocenters. The van der Waals surface area contributed by atoms with E-state index in [0.717, 1.165) is 19.5 Å². The largest absolute Gasteiger partial charge is 0.325 e. The summed E-state index contributed by atoms with van der Waals surface area (Å²) in [6, 6.07) is 6.27. The highest BCUT2D eigenvalue weighted by molar-refractivity contribution is 8.00. The number of aromatic nitrogens is 2. The number of fused-ring (bicyclic) bond motifs is 1. The Hall–Kier alpha value is -1.72. The standard InChI is InChI=1S/C17H17ClN4O3S3/c1-10(27-17-15-13(6-7-26-15)19-9-20-17)16(23)21-11-4-5-12(18)14(8-11)28(24,25)22(2)3/h4-10H,1-3H3,(H,21,23). The molecular formula is C17H17ClN4O3S3. The van der Waals surface area contributed by atoms with Crippen LogP contribution in [0.3, 0.4) is 0 Å². The highest BCUT2D eigenvalue weighted by Gasteiger charge is 2.23. The van der Waals surface area contributed by atoms with Gasteiger partial charge >= 0.3 is 0 Å². The molecule has 3 aromatic rings. The van der Waals surface area contributed by atoms with Gasteiger partial charge in [-0.15, -0.1) is 11.3 Å². The fourth-order valence-corrected chi connectivity index (χ4v) is 5.52. The van der Waals surface area contributed by atoms with Gasteiger partial charge in [0.05, 0.1) is 20.5 Å². The fourth-order valence-electron chi connectivity index (χ4n) is 2.29. The number of carbonyl (C=O) groups is 1. The van der Waals surface area contributed by atoms with Crippen LogP contribution in [0.25, 0.3) is 10.2 Å². The quantitative estimate of drug-likeness (QED) is 0.449. The van der Waals surface area contributed by atoms with Crippen molar-refractivity contribution in [3.8, 4) is 0 Å². The molecule has 1 unspecified atom stereocenters. The Balaban J connectivity index is 1.78. The number of rotatable bonds is 6. The molecule has 0 saturated heterocycles. The van der Waals surface area contributed by atoms with Crippen LogP contribution in [-0.4, -0.2) is 47.9 Å². The van der Waals surface area contributed by atoms with Crippen molar-refractivity contribution in [2.45, 2.75) is 22.1 Å². The van der Waals surface area contributed by atoms with Crippen LogP contribution in [0.1, 0.15) is 6.92 Å². The number of hydrogen-bond donors (Lipinski definition) is 1. The monoisotopic (exact) mass is 456 g/mol. The van der Waals surface area contributed by atoms with Crippen LogP contribution < -0.4 is 5.32 Å². The number of sulfonamides is 1. The van der Waals surface area contributed by atoms with Gasteiger partial charge in [-0.05, 0) is 36.6 Å². The lowest BCUT2D eigenvalue weighted by molar-refractivity contribution is -0.115. The van der Waals surface area contributed by atoms with Gasteiger partial charge in [0.2, 0.25) is 15.9 Å². The SMILES string of the molecule is CC(Sc1ncnc2ccsc12)C(=O)Nc1ccc(Cl)c(S(=O)(=O)N(C)C)c1. The third-order valence-corrected chi connectivity index (χ3v) is 8.26. The molecule has 0 saturated carbocycles.